The highest BCUT2D eigenvalue weighted by molar-refractivity contribution is 9.10. The maximum Gasteiger partial charge on any atom is 0.0760 e. The van der Waals surface area contributed by atoms with Crippen molar-refractivity contribution < 1.29 is 4.74 Å². The second kappa shape index (κ2) is 6.37. The van der Waals surface area contributed by atoms with Gasteiger partial charge in [0.25, 0.3) is 0 Å². The first-order valence-corrected chi connectivity index (χ1v) is 8.40. The van der Waals surface area contributed by atoms with Crippen molar-refractivity contribution in [2.75, 3.05) is 19.6 Å². The normalized spacial score (nSPS) is 23.0. The third-order valence-corrected chi connectivity index (χ3v) is 4.29. The molecule has 21 heavy (non-hydrogen) atoms. The molecule has 1 heterocycles. The lowest BCUT2D eigenvalue weighted by atomic mass is 9.98. The van der Waals surface area contributed by atoms with E-state index in [1.165, 1.54) is 5.56 Å². The highest BCUT2D eigenvalue weighted by atomic mass is 79.9. The first-order valence-electron chi connectivity index (χ1n) is 7.60. The molecule has 118 valence electrons. The molecule has 0 aromatic heterocycles. The first-order chi connectivity index (χ1) is 9.67. The SMILES string of the molecule is CC1(C)CN(CCC(N)c2cccc(Br)c2)CC(C)(C)O1. The summed E-state index contributed by atoms with van der Waals surface area (Å²) in [5.74, 6) is 0. The molecule has 2 rings (SSSR count). The fraction of sp³-hybridized carbons (Fsp3) is 0.647. The van der Waals surface area contributed by atoms with Gasteiger partial charge in [-0.3, -0.25) is 4.90 Å². The number of benzene rings is 1. The van der Waals surface area contributed by atoms with Gasteiger partial charge in [-0.2, -0.15) is 0 Å². The van der Waals surface area contributed by atoms with Crippen LogP contribution in [0.2, 0.25) is 0 Å². The number of nitrogens with two attached hydrogens (primary N) is 1. The van der Waals surface area contributed by atoms with Gasteiger partial charge in [0.05, 0.1) is 11.2 Å². The Morgan fingerprint density at radius 2 is 1.86 bits per heavy atom. The largest absolute Gasteiger partial charge is 0.367 e. The minimum absolute atomic E-state index is 0.0802. The molecule has 1 atom stereocenters. The predicted octanol–water partition coefficient (Wildman–Crippen LogP) is 3.73. The molecule has 0 spiro atoms. The Labute approximate surface area is 137 Å². The molecule has 0 aliphatic carbocycles. The van der Waals surface area contributed by atoms with Gasteiger partial charge in [0, 0.05) is 30.1 Å². The van der Waals surface area contributed by atoms with Crippen molar-refractivity contribution in [2.24, 2.45) is 5.73 Å². The molecule has 1 aliphatic rings. The van der Waals surface area contributed by atoms with Crippen molar-refractivity contribution in [2.45, 2.75) is 51.4 Å². The summed E-state index contributed by atoms with van der Waals surface area (Å²) in [5, 5.41) is 0. The molecule has 1 unspecified atom stereocenters. The van der Waals surface area contributed by atoms with E-state index in [-0.39, 0.29) is 17.2 Å². The summed E-state index contributed by atoms with van der Waals surface area (Å²) in [6.07, 6.45) is 0.961. The van der Waals surface area contributed by atoms with Crippen LogP contribution < -0.4 is 5.73 Å². The Morgan fingerprint density at radius 1 is 1.24 bits per heavy atom. The number of ether oxygens (including phenoxy) is 1. The summed E-state index contributed by atoms with van der Waals surface area (Å²) in [7, 11) is 0. The van der Waals surface area contributed by atoms with Crippen LogP contribution in [0.25, 0.3) is 0 Å². The number of rotatable bonds is 4. The van der Waals surface area contributed by atoms with Crippen molar-refractivity contribution in [1.82, 2.24) is 4.90 Å². The van der Waals surface area contributed by atoms with Gasteiger partial charge in [-0.05, 0) is 51.8 Å². The molecule has 1 aromatic carbocycles. The fourth-order valence-electron chi connectivity index (χ4n) is 3.33. The van der Waals surface area contributed by atoms with E-state index in [2.05, 4.69) is 60.7 Å². The van der Waals surface area contributed by atoms with E-state index in [9.17, 15) is 0 Å². The van der Waals surface area contributed by atoms with Gasteiger partial charge in [0.2, 0.25) is 0 Å². The predicted molar refractivity (Wildman–Crippen MR) is 91.4 cm³/mol. The highest BCUT2D eigenvalue weighted by Gasteiger charge is 2.37. The van der Waals surface area contributed by atoms with Crippen LogP contribution in [0, 0.1) is 0 Å². The zero-order valence-electron chi connectivity index (χ0n) is 13.5. The number of morpholine rings is 1. The minimum Gasteiger partial charge on any atom is -0.367 e. The third-order valence-electron chi connectivity index (χ3n) is 3.79. The standard InChI is InChI=1S/C17H27BrN2O/c1-16(2)11-20(12-17(3,4)21-16)9-8-15(19)13-6-5-7-14(18)10-13/h5-7,10,15H,8-9,11-12,19H2,1-4H3. The number of hydrogen-bond donors (Lipinski definition) is 1. The van der Waals surface area contributed by atoms with E-state index in [0.717, 1.165) is 30.5 Å². The van der Waals surface area contributed by atoms with Crippen LogP contribution in [0.4, 0.5) is 0 Å². The van der Waals surface area contributed by atoms with Crippen LogP contribution in [0.1, 0.15) is 45.7 Å². The topological polar surface area (TPSA) is 38.5 Å². The molecule has 2 N–H and O–H groups in total. The molecule has 1 aliphatic heterocycles. The number of hydrogen-bond acceptors (Lipinski definition) is 3. The number of halogens is 1. The Hall–Kier alpha value is -0.420. The molecular weight excluding hydrogens is 328 g/mol. The molecule has 1 saturated heterocycles. The molecule has 1 aromatic rings. The Balaban J connectivity index is 1.93. The van der Waals surface area contributed by atoms with Crippen LogP contribution in [-0.2, 0) is 4.74 Å². The van der Waals surface area contributed by atoms with E-state index in [4.69, 9.17) is 10.5 Å². The number of nitrogens with zero attached hydrogens (tertiary/aromatic N) is 1. The second-order valence-corrected chi connectivity index (χ2v) is 8.20. The van der Waals surface area contributed by atoms with Gasteiger partial charge in [0.1, 0.15) is 0 Å². The van der Waals surface area contributed by atoms with E-state index in [1.807, 2.05) is 12.1 Å². The maximum atomic E-state index is 6.34. The Morgan fingerprint density at radius 3 is 2.43 bits per heavy atom. The van der Waals surface area contributed by atoms with Crippen molar-refractivity contribution >= 4 is 15.9 Å². The second-order valence-electron chi connectivity index (χ2n) is 7.28. The van der Waals surface area contributed by atoms with Crippen molar-refractivity contribution in [3.63, 3.8) is 0 Å². The minimum atomic E-state index is -0.0956. The summed E-state index contributed by atoms with van der Waals surface area (Å²) in [6.45, 7) is 11.6. The summed E-state index contributed by atoms with van der Waals surface area (Å²) in [4.78, 5) is 2.47. The molecule has 0 amide bonds. The van der Waals surface area contributed by atoms with Crippen LogP contribution >= 0.6 is 15.9 Å². The molecule has 3 nitrogen and oxygen atoms in total. The monoisotopic (exact) mass is 354 g/mol. The molecule has 1 fully saturated rings. The van der Waals surface area contributed by atoms with Crippen molar-refractivity contribution in [3.8, 4) is 0 Å². The van der Waals surface area contributed by atoms with Crippen LogP contribution in [0.5, 0.6) is 0 Å². The average molecular weight is 355 g/mol. The van der Waals surface area contributed by atoms with E-state index < -0.39 is 0 Å². The Bertz CT molecular complexity index is 471. The van der Waals surface area contributed by atoms with Crippen molar-refractivity contribution in [3.05, 3.63) is 34.3 Å². The smallest absolute Gasteiger partial charge is 0.0760 e. The summed E-state index contributed by atoms with van der Waals surface area (Å²) >= 11 is 3.51. The zero-order chi connectivity index (χ0) is 15.7. The molecule has 0 bridgehead atoms. The zero-order valence-corrected chi connectivity index (χ0v) is 15.1. The lowest BCUT2D eigenvalue weighted by Gasteiger charge is -2.47. The van der Waals surface area contributed by atoms with Crippen LogP contribution in [0.3, 0.4) is 0 Å². The summed E-state index contributed by atoms with van der Waals surface area (Å²) in [5.41, 5.74) is 7.34. The van der Waals surface area contributed by atoms with Gasteiger partial charge < -0.3 is 10.5 Å². The average Bonchev–Trinajstić information content (AvgIpc) is 2.32. The van der Waals surface area contributed by atoms with E-state index in [1.54, 1.807) is 0 Å². The van der Waals surface area contributed by atoms with Crippen LogP contribution in [-0.4, -0.2) is 35.7 Å². The fourth-order valence-corrected chi connectivity index (χ4v) is 3.75. The van der Waals surface area contributed by atoms with Gasteiger partial charge >= 0.3 is 0 Å². The Kier molecular flexibility index (Phi) is 5.14. The maximum absolute atomic E-state index is 6.34. The lowest BCUT2D eigenvalue weighted by molar-refractivity contribution is -0.180. The molecule has 4 heteroatoms. The van der Waals surface area contributed by atoms with Gasteiger partial charge in [-0.25, -0.2) is 0 Å². The van der Waals surface area contributed by atoms with Crippen LogP contribution in [0.15, 0.2) is 28.7 Å². The molecule has 0 saturated carbocycles. The summed E-state index contributed by atoms with van der Waals surface area (Å²) < 4.78 is 7.21. The third kappa shape index (κ3) is 5.06. The highest BCUT2D eigenvalue weighted by Crippen LogP contribution is 2.28. The quantitative estimate of drug-likeness (QED) is 0.895. The van der Waals surface area contributed by atoms with E-state index in [0.29, 0.717) is 0 Å². The lowest BCUT2D eigenvalue weighted by Crippen LogP contribution is -2.57. The summed E-state index contributed by atoms with van der Waals surface area (Å²) in [6, 6.07) is 8.36. The molecule has 0 radical (unpaired) electrons. The first kappa shape index (κ1) is 16.9. The van der Waals surface area contributed by atoms with Gasteiger partial charge in [-0.15, -0.1) is 0 Å². The van der Waals surface area contributed by atoms with Gasteiger partial charge in [0.15, 0.2) is 0 Å². The van der Waals surface area contributed by atoms with Gasteiger partial charge in [-0.1, -0.05) is 28.1 Å². The van der Waals surface area contributed by atoms with Crippen molar-refractivity contribution in [1.29, 1.82) is 0 Å². The van der Waals surface area contributed by atoms with E-state index >= 15 is 0 Å². The molecular formula is C17H27BrN2O.